The molecule has 1 atom stereocenters. The van der Waals surface area contributed by atoms with Crippen molar-refractivity contribution >= 4 is 6.29 Å². The van der Waals surface area contributed by atoms with Crippen LogP contribution in [0.1, 0.15) is 24.8 Å². The summed E-state index contributed by atoms with van der Waals surface area (Å²) in [5, 5.41) is 0. The third-order valence-corrected chi connectivity index (χ3v) is 3.05. The average Bonchev–Trinajstić information content (AvgIpc) is 2.42. The lowest BCUT2D eigenvalue weighted by atomic mass is 9.95. The highest BCUT2D eigenvalue weighted by Crippen LogP contribution is 2.23. The van der Waals surface area contributed by atoms with Crippen LogP contribution in [0.2, 0.25) is 0 Å². The molecule has 0 heterocycles. The highest BCUT2D eigenvalue weighted by atomic mass is 16.1. The van der Waals surface area contributed by atoms with Crippen molar-refractivity contribution in [3.63, 3.8) is 0 Å². The molecule has 86 valence electrons. The predicted molar refractivity (Wildman–Crippen MR) is 71.0 cm³/mol. The summed E-state index contributed by atoms with van der Waals surface area (Å²) in [5.41, 5.74) is 3.50. The number of aldehydes is 1. The summed E-state index contributed by atoms with van der Waals surface area (Å²) < 4.78 is 0. The van der Waals surface area contributed by atoms with Gasteiger partial charge in [-0.1, -0.05) is 61.5 Å². The smallest absolute Gasteiger partial charge is 0.127 e. The molecule has 0 bridgehead atoms. The van der Waals surface area contributed by atoms with E-state index in [9.17, 15) is 4.79 Å². The molecule has 2 aromatic carbocycles. The number of rotatable bonds is 4. The summed E-state index contributed by atoms with van der Waals surface area (Å²) in [7, 11) is 0. The lowest BCUT2D eigenvalue weighted by molar-refractivity contribution is -0.109. The zero-order valence-electron chi connectivity index (χ0n) is 9.97. The zero-order chi connectivity index (χ0) is 12.1. The minimum Gasteiger partial charge on any atom is -0.303 e. The maximum absolute atomic E-state index is 10.9. The molecule has 1 unspecified atom stereocenters. The van der Waals surface area contributed by atoms with E-state index in [2.05, 4.69) is 24.3 Å². The zero-order valence-corrected chi connectivity index (χ0v) is 9.97. The molecule has 1 nitrogen and oxygen atoms in total. The molecule has 0 aliphatic carbocycles. The first kappa shape index (κ1) is 11.6. The van der Waals surface area contributed by atoms with Crippen LogP contribution in [-0.4, -0.2) is 6.29 Å². The third kappa shape index (κ3) is 2.62. The van der Waals surface area contributed by atoms with E-state index >= 15 is 0 Å². The highest BCUT2D eigenvalue weighted by molar-refractivity contribution is 5.66. The normalized spacial score (nSPS) is 12.1. The second kappa shape index (κ2) is 5.44. The third-order valence-electron chi connectivity index (χ3n) is 3.05. The second-order valence-electron chi connectivity index (χ2n) is 4.14. The number of carbonyl (C=O) groups is 1. The Bertz CT molecular complexity index is 471. The summed E-state index contributed by atoms with van der Waals surface area (Å²) in [6.07, 6.45) is 1.88. The average molecular weight is 224 g/mol. The van der Waals surface area contributed by atoms with Crippen molar-refractivity contribution < 1.29 is 4.79 Å². The van der Waals surface area contributed by atoms with Gasteiger partial charge in [0.2, 0.25) is 0 Å². The van der Waals surface area contributed by atoms with Gasteiger partial charge in [-0.2, -0.15) is 0 Å². The number of carbonyl (C=O) groups excluding carboxylic acids is 1. The van der Waals surface area contributed by atoms with Gasteiger partial charge in [0.05, 0.1) is 0 Å². The Morgan fingerprint density at radius 2 is 1.53 bits per heavy atom. The molecule has 0 aliphatic rings. The van der Waals surface area contributed by atoms with Gasteiger partial charge in [0.1, 0.15) is 6.29 Å². The number of hydrogen-bond acceptors (Lipinski definition) is 1. The SMILES string of the molecule is CCC(C=O)c1ccc(-c2ccccc2)cc1. The van der Waals surface area contributed by atoms with Gasteiger partial charge in [-0.3, -0.25) is 0 Å². The predicted octanol–water partition coefficient (Wildman–Crippen LogP) is 4.05. The van der Waals surface area contributed by atoms with Crippen LogP contribution in [0.5, 0.6) is 0 Å². The monoisotopic (exact) mass is 224 g/mol. The Morgan fingerprint density at radius 1 is 0.941 bits per heavy atom. The summed E-state index contributed by atoms with van der Waals surface area (Å²) in [6, 6.07) is 18.5. The Hall–Kier alpha value is -1.89. The van der Waals surface area contributed by atoms with Gasteiger partial charge < -0.3 is 4.79 Å². The van der Waals surface area contributed by atoms with Crippen molar-refractivity contribution in [3.8, 4) is 11.1 Å². The molecule has 0 radical (unpaired) electrons. The van der Waals surface area contributed by atoms with Crippen molar-refractivity contribution in [2.24, 2.45) is 0 Å². The molecule has 1 heteroatoms. The quantitative estimate of drug-likeness (QED) is 0.716. The molecule has 17 heavy (non-hydrogen) atoms. The lowest BCUT2D eigenvalue weighted by Gasteiger charge is -2.08. The molecule has 2 rings (SSSR count). The van der Waals surface area contributed by atoms with E-state index in [0.717, 1.165) is 18.3 Å². The standard InChI is InChI=1S/C16H16O/c1-2-13(12-17)15-8-10-16(11-9-15)14-6-4-3-5-7-14/h3-13H,2H2,1H3. The van der Waals surface area contributed by atoms with Crippen LogP contribution in [0.4, 0.5) is 0 Å². The Balaban J connectivity index is 2.27. The van der Waals surface area contributed by atoms with Crippen molar-refractivity contribution in [1.82, 2.24) is 0 Å². The summed E-state index contributed by atoms with van der Waals surface area (Å²) in [4.78, 5) is 10.9. The maximum Gasteiger partial charge on any atom is 0.127 e. The van der Waals surface area contributed by atoms with Gasteiger partial charge in [-0.25, -0.2) is 0 Å². The van der Waals surface area contributed by atoms with Crippen LogP contribution in [0, 0.1) is 0 Å². The highest BCUT2D eigenvalue weighted by Gasteiger charge is 2.07. The van der Waals surface area contributed by atoms with Gasteiger partial charge >= 0.3 is 0 Å². The van der Waals surface area contributed by atoms with Crippen LogP contribution in [0.25, 0.3) is 11.1 Å². The fourth-order valence-electron chi connectivity index (χ4n) is 1.96. The molecule has 0 amide bonds. The fraction of sp³-hybridized carbons (Fsp3) is 0.188. The summed E-state index contributed by atoms with van der Waals surface area (Å²) >= 11 is 0. The lowest BCUT2D eigenvalue weighted by Crippen LogP contribution is -1.97. The largest absolute Gasteiger partial charge is 0.303 e. The molecule has 0 saturated carbocycles. The summed E-state index contributed by atoms with van der Waals surface area (Å²) in [5.74, 6) is 0.0276. The second-order valence-corrected chi connectivity index (χ2v) is 4.14. The first-order chi connectivity index (χ1) is 8.35. The van der Waals surface area contributed by atoms with Gasteiger partial charge in [0.25, 0.3) is 0 Å². The van der Waals surface area contributed by atoms with E-state index < -0.39 is 0 Å². The molecule has 0 spiro atoms. The van der Waals surface area contributed by atoms with Gasteiger partial charge in [-0.15, -0.1) is 0 Å². The van der Waals surface area contributed by atoms with E-state index in [1.807, 2.05) is 37.3 Å². The van der Waals surface area contributed by atoms with E-state index in [-0.39, 0.29) is 5.92 Å². The Labute approximate surface area is 102 Å². The number of benzene rings is 2. The molecular weight excluding hydrogens is 208 g/mol. The van der Waals surface area contributed by atoms with Gasteiger partial charge in [-0.05, 0) is 23.1 Å². The Morgan fingerprint density at radius 3 is 2.06 bits per heavy atom. The maximum atomic E-state index is 10.9. The molecule has 0 aromatic heterocycles. The van der Waals surface area contributed by atoms with Crippen LogP contribution in [0.15, 0.2) is 54.6 Å². The van der Waals surface area contributed by atoms with Gasteiger partial charge in [0.15, 0.2) is 0 Å². The summed E-state index contributed by atoms with van der Waals surface area (Å²) in [6.45, 7) is 2.03. The molecular formula is C16H16O. The van der Waals surface area contributed by atoms with Crippen molar-refractivity contribution in [1.29, 1.82) is 0 Å². The molecule has 0 N–H and O–H groups in total. The van der Waals surface area contributed by atoms with Crippen LogP contribution in [-0.2, 0) is 4.79 Å². The minimum absolute atomic E-state index is 0.0276. The van der Waals surface area contributed by atoms with Crippen molar-refractivity contribution in [2.75, 3.05) is 0 Å². The van der Waals surface area contributed by atoms with Crippen molar-refractivity contribution in [2.45, 2.75) is 19.3 Å². The minimum atomic E-state index is 0.0276. The van der Waals surface area contributed by atoms with E-state index in [1.54, 1.807) is 0 Å². The molecule has 0 fully saturated rings. The molecule has 0 aliphatic heterocycles. The first-order valence-electron chi connectivity index (χ1n) is 5.96. The topological polar surface area (TPSA) is 17.1 Å². The molecule has 2 aromatic rings. The first-order valence-corrected chi connectivity index (χ1v) is 5.96. The van der Waals surface area contributed by atoms with E-state index in [1.165, 1.54) is 11.1 Å². The van der Waals surface area contributed by atoms with Crippen LogP contribution in [0.3, 0.4) is 0 Å². The van der Waals surface area contributed by atoms with Crippen LogP contribution >= 0.6 is 0 Å². The van der Waals surface area contributed by atoms with E-state index in [0.29, 0.717) is 0 Å². The van der Waals surface area contributed by atoms with Crippen LogP contribution < -0.4 is 0 Å². The Kier molecular flexibility index (Phi) is 3.71. The molecule has 0 saturated heterocycles. The fourth-order valence-corrected chi connectivity index (χ4v) is 1.96. The number of hydrogen-bond donors (Lipinski definition) is 0. The van der Waals surface area contributed by atoms with E-state index in [4.69, 9.17) is 0 Å². The van der Waals surface area contributed by atoms with Crippen molar-refractivity contribution in [3.05, 3.63) is 60.2 Å². The van der Waals surface area contributed by atoms with Gasteiger partial charge in [0, 0.05) is 5.92 Å².